The van der Waals surface area contributed by atoms with Crippen LogP contribution >= 0.6 is 0 Å². The highest BCUT2D eigenvalue weighted by atomic mass is 16.1. The predicted octanol–water partition coefficient (Wildman–Crippen LogP) is 1.39. The van der Waals surface area contributed by atoms with Crippen LogP contribution in [0.5, 0.6) is 0 Å². The first-order valence-corrected chi connectivity index (χ1v) is 6.27. The number of carbonyl (C=O) groups excluding carboxylic acids is 1. The topological polar surface area (TPSA) is 72.9 Å². The molecule has 1 aromatic heterocycles. The van der Waals surface area contributed by atoms with Crippen molar-refractivity contribution in [1.29, 1.82) is 0 Å². The highest BCUT2D eigenvalue weighted by molar-refractivity contribution is 5.83. The maximum atomic E-state index is 12.0. The van der Waals surface area contributed by atoms with E-state index in [9.17, 15) is 4.79 Å². The summed E-state index contributed by atoms with van der Waals surface area (Å²) >= 11 is 0. The van der Waals surface area contributed by atoms with Gasteiger partial charge in [0.2, 0.25) is 5.91 Å². The van der Waals surface area contributed by atoms with E-state index in [1.54, 1.807) is 10.9 Å². The predicted molar refractivity (Wildman–Crippen MR) is 74.5 cm³/mol. The van der Waals surface area contributed by atoms with Gasteiger partial charge >= 0.3 is 0 Å². The van der Waals surface area contributed by atoms with Crippen molar-refractivity contribution >= 4 is 11.6 Å². The molecular formula is C14H18N4O. The zero-order valence-corrected chi connectivity index (χ0v) is 10.9. The van der Waals surface area contributed by atoms with Gasteiger partial charge in [-0.2, -0.15) is 5.10 Å². The summed E-state index contributed by atoms with van der Waals surface area (Å²) in [5, 5.41) is 6.97. The van der Waals surface area contributed by atoms with Gasteiger partial charge in [0, 0.05) is 24.6 Å². The molecule has 1 heterocycles. The number of aromatic nitrogens is 2. The standard InChI is InChI=1S/C14H18N4O/c1-11(12-4-2-5-13(15)10-12)14(19)16-7-9-18-8-3-6-17-18/h2-6,8,10-11H,7,9,15H2,1H3,(H,16,19). The molecule has 0 saturated carbocycles. The van der Waals surface area contributed by atoms with Crippen molar-refractivity contribution in [3.8, 4) is 0 Å². The molecule has 0 bridgehead atoms. The molecule has 0 saturated heterocycles. The van der Waals surface area contributed by atoms with Gasteiger partial charge < -0.3 is 11.1 Å². The number of amides is 1. The number of nitrogens with two attached hydrogens (primary N) is 1. The maximum Gasteiger partial charge on any atom is 0.227 e. The number of rotatable bonds is 5. The summed E-state index contributed by atoms with van der Waals surface area (Å²) in [5.41, 5.74) is 7.32. The Bertz CT molecular complexity index is 536. The molecule has 0 aliphatic rings. The van der Waals surface area contributed by atoms with E-state index in [2.05, 4.69) is 10.4 Å². The molecule has 5 nitrogen and oxygen atoms in total. The van der Waals surface area contributed by atoms with Gasteiger partial charge in [0.15, 0.2) is 0 Å². The van der Waals surface area contributed by atoms with Gasteiger partial charge in [0.25, 0.3) is 0 Å². The molecule has 100 valence electrons. The van der Waals surface area contributed by atoms with E-state index in [-0.39, 0.29) is 11.8 Å². The van der Waals surface area contributed by atoms with Crippen LogP contribution in [0.1, 0.15) is 18.4 Å². The van der Waals surface area contributed by atoms with Crippen LogP contribution in [-0.2, 0) is 11.3 Å². The van der Waals surface area contributed by atoms with Gasteiger partial charge in [-0.25, -0.2) is 0 Å². The molecule has 1 amide bonds. The van der Waals surface area contributed by atoms with Gasteiger partial charge in [0.1, 0.15) is 0 Å². The smallest absolute Gasteiger partial charge is 0.227 e. The quantitative estimate of drug-likeness (QED) is 0.796. The van der Waals surface area contributed by atoms with E-state index in [1.165, 1.54) is 0 Å². The number of anilines is 1. The van der Waals surface area contributed by atoms with Crippen LogP contribution in [0.15, 0.2) is 42.7 Å². The van der Waals surface area contributed by atoms with Crippen LogP contribution in [0.2, 0.25) is 0 Å². The number of nitrogens with zero attached hydrogens (tertiary/aromatic N) is 2. The Morgan fingerprint density at radius 3 is 3.00 bits per heavy atom. The van der Waals surface area contributed by atoms with Crippen molar-refractivity contribution < 1.29 is 4.79 Å². The monoisotopic (exact) mass is 258 g/mol. The molecule has 2 rings (SSSR count). The normalized spacial score (nSPS) is 12.1. The van der Waals surface area contributed by atoms with E-state index in [4.69, 9.17) is 5.73 Å². The Morgan fingerprint density at radius 1 is 1.47 bits per heavy atom. The van der Waals surface area contributed by atoms with Crippen LogP contribution in [0.4, 0.5) is 5.69 Å². The summed E-state index contributed by atoms with van der Waals surface area (Å²) in [6.45, 7) is 3.10. The van der Waals surface area contributed by atoms with Gasteiger partial charge in [0.05, 0.1) is 12.5 Å². The number of nitrogens with one attached hydrogen (secondary N) is 1. The van der Waals surface area contributed by atoms with Crippen molar-refractivity contribution in [2.45, 2.75) is 19.4 Å². The molecule has 3 N–H and O–H groups in total. The highest BCUT2D eigenvalue weighted by Crippen LogP contribution is 2.17. The molecule has 2 aromatic rings. The second-order valence-corrected chi connectivity index (χ2v) is 4.45. The second-order valence-electron chi connectivity index (χ2n) is 4.45. The van der Waals surface area contributed by atoms with Crippen molar-refractivity contribution in [2.75, 3.05) is 12.3 Å². The first-order valence-electron chi connectivity index (χ1n) is 6.27. The van der Waals surface area contributed by atoms with E-state index in [0.29, 0.717) is 18.8 Å². The minimum absolute atomic E-state index is 0.00208. The van der Waals surface area contributed by atoms with Gasteiger partial charge in [-0.15, -0.1) is 0 Å². The maximum absolute atomic E-state index is 12.0. The Morgan fingerprint density at radius 2 is 2.32 bits per heavy atom. The zero-order valence-electron chi connectivity index (χ0n) is 10.9. The molecule has 0 spiro atoms. The Balaban J connectivity index is 1.85. The zero-order chi connectivity index (χ0) is 13.7. The molecule has 5 heteroatoms. The average Bonchev–Trinajstić information content (AvgIpc) is 2.91. The number of carbonyl (C=O) groups is 1. The fourth-order valence-corrected chi connectivity index (χ4v) is 1.86. The lowest BCUT2D eigenvalue weighted by Crippen LogP contribution is -2.31. The summed E-state index contributed by atoms with van der Waals surface area (Å²) in [5.74, 6) is -0.209. The molecule has 0 radical (unpaired) electrons. The van der Waals surface area contributed by atoms with Gasteiger partial charge in [-0.1, -0.05) is 12.1 Å². The summed E-state index contributed by atoms with van der Waals surface area (Å²) in [6.07, 6.45) is 3.59. The third kappa shape index (κ3) is 3.58. The van der Waals surface area contributed by atoms with E-state index < -0.39 is 0 Å². The van der Waals surface area contributed by atoms with Crippen LogP contribution < -0.4 is 11.1 Å². The molecule has 1 atom stereocenters. The number of benzene rings is 1. The SMILES string of the molecule is CC(C(=O)NCCn1cccn1)c1cccc(N)c1. The first-order chi connectivity index (χ1) is 9.16. The molecule has 1 unspecified atom stereocenters. The minimum Gasteiger partial charge on any atom is -0.399 e. The Hall–Kier alpha value is -2.30. The lowest BCUT2D eigenvalue weighted by atomic mass is 10.00. The van der Waals surface area contributed by atoms with Crippen LogP contribution in [0.3, 0.4) is 0 Å². The van der Waals surface area contributed by atoms with Crippen molar-refractivity contribution in [1.82, 2.24) is 15.1 Å². The summed E-state index contributed by atoms with van der Waals surface area (Å²) < 4.78 is 1.78. The second kappa shape index (κ2) is 6.04. The number of nitrogen functional groups attached to an aromatic ring is 1. The largest absolute Gasteiger partial charge is 0.399 e. The fourth-order valence-electron chi connectivity index (χ4n) is 1.86. The molecule has 0 aliphatic heterocycles. The van der Waals surface area contributed by atoms with E-state index in [1.807, 2.05) is 43.5 Å². The Kier molecular flexibility index (Phi) is 4.18. The lowest BCUT2D eigenvalue weighted by molar-refractivity contribution is -0.122. The van der Waals surface area contributed by atoms with Crippen molar-refractivity contribution in [3.63, 3.8) is 0 Å². The van der Waals surface area contributed by atoms with E-state index >= 15 is 0 Å². The van der Waals surface area contributed by atoms with E-state index in [0.717, 1.165) is 5.56 Å². The van der Waals surface area contributed by atoms with Crippen LogP contribution in [0.25, 0.3) is 0 Å². The lowest BCUT2D eigenvalue weighted by Gasteiger charge is -2.13. The van der Waals surface area contributed by atoms with Crippen molar-refractivity contribution in [2.24, 2.45) is 0 Å². The van der Waals surface area contributed by atoms with Gasteiger partial charge in [-0.05, 0) is 30.7 Å². The summed E-state index contributed by atoms with van der Waals surface area (Å²) in [6, 6.07) is 9.27. The molecule has 1 aromatic carbocycles. The summed E-state index contributed by atoms with van der Waals surface area (Å²) in [4.78, 5) is 12.0. The minimum atomic E-state index is -0.207. The number of hydrogen-bond acceptors (Lipinski definition) is 3. The van der Waals surface area contributed by atoms with Crippen LogP contribution in [-0.4, -0.2) is 22.2 Å². The highest BCUT2D eigenvalue weighted by Gasteiger charge is 2.14. The molecule has 19 heavy (non-hydrogen) atoms. The fraction of sp³-hybridized carbons (Fsp3) is 0.286. The van der Waals surface area contributed by atoms with Gasteiger partial charge in [-0.3, -0.25) is 9.48 Å². The van der Waals surface area contributed by atoms with Crippen LogP contribution in [0, 0.1) is 0 Å². The Labute approximate surface area is 112 Å². The number of hydrogen-bond donors (Lipinski definition) is 2. The average molecular weight is 258 g/mol. The third-order valence-corrected chi connectivity index (χ3v) is 3.00. The first kappa shape index (κ1) is 13.1. The third-order valence-electron chi connectivity index (χ3n) is 3.00. The molecule has 0 fully saturated rings. The van der Waals surface area contributed by atoms with Crippen molar-refractivity contribution in [3.05, 3.63) is 48.3 Å². The summed E-state index contributed by atoms with van der Waals surface area (Å²) in [7, 11) is 0. The molecular weight excluding hydrogens is 240 g/mol. The molecule has 0 aliphatic carbocycles.